The molecule has 0 aromatic rings. The molecule has 1 fully saturated rings. The Kier molecular flexibility index (Phi) is 11.3. The molecular formula is C19H33N5O6S. The van der Waals surface area contributed by atoms with Crippen LogP contribution in [0.1, 0.15) is 39.5 Å². The molecule has 7 N–H and O–H groups in total. The zero-order chi connectivity index (χ0) is 23.6. The summed E-state index contributed by atoms with van der Waals surface area (Å²) in [6, 6.07) is -3.84. The lowest BCUT2D eigenvalue weighted by Crippen LogP contribution is -2.58. The van der Waals surface area contributed by atoms with Crippen molar-refractivity contribution in [3.8, 4) is 0 Å². The van der Waals surface area contributed by atoms with Crippen LogP contribution in [0.3, 0.4) is 0 Å². The number of carboxylic acids is 1. The zero-order valence-electron chi connectivity index (χ0n) is 18.1. The number of rotatable bonds is 13. The average molecular weight is 460 g/mol. The number of carbonyl (C=O) groups is 5. The van der Waals surface area contributed by atoms with Crippen molar-refractivity contribution in [1.29, 1.82) is 0 Å². The van der Waals surface area contributed by atoms with Gasteiger partial charge in [-0.2, -0.15) is 11.8 Å². The van der Waals surface area contributed by atoms with E-state index >= 15 is 0 Å². The van der Waals surface area contributed by atoms with Gasteiger partial charge in [0.15, 0.2) is 0 Å². The first-order valence-electron chi connectivity index (χ1n) is 10.2. The normalized spacial score (nSPS) is 18.6. The van der Waals surface area contributed by atoms with Gasteiger partial charge in [-0.3, -0.25) is 19.2 Å². The Labute approximate surface area is 186 Å². The van der Waals surface area contributed by atoms with Gasteiger partial charge in [-0.15, -0.1) is 0 Å². The first kappa shape index (κ1) is 26.7. The van der Waals surface area contributed by atoms with E-state index in [0.717, 1.165) is 6.42 Å². The number of nitrogens with two attached hydrogens (primary N) is 1. The molecule has 1 heterocycles. The van der Waals surface area contributed by atoms with E-state index in [1.807, 2.05) is 6.26 Å². The number of aliphatic carboxylic acids is 1. The summed E-state index contributed by atoms with van der Waals surface area (Å²) in [4.78, 5) is 60.7. The number of nitrogens with one attached hydrogen (secondary N) is 4. The lowest BCUT2D eigenvalue weighted by Gasteiger charge is -2.25. The van der Waals surface area contributed by atoms with Gasteiger partial charge in [-0.25, -0.2) is 4.79 Å². The maximum Gasteiger partial charge on any atom is 0.326 e. The molecular weight excluding hydrogens is 426 g/mol. The van der Waals surface area contributed by atoms with Crippen LogP contribution < -0.4 is 27.0 Å². The lowest BCUT2D eigenvalue weighted by atomic mass is 10.0. The van der Waals surface area contributed by atoms with Crippen LogP contribution in [0.4, 0.5) is 0 Å². The summed E-state index contributed by atoms with van der Waals surface area (Å²) in [5.41, 5.74) is 5.23. The SMILES string of the molecule is CSCCC(NC(=O)C(CC(N)=O)NC(=O)C1CCCN1)C(=O)NC(C(=O)O)C(C)C. The van der Waals surface area contributed by atoms with Crippen LogP contribution in [0.5, 0.6) is 0 Å². The molecule has 12 heteroatoms. The first-order chi connectivity index (χ1) is 14.6. The number of primary amides is 1. The number of amides is 4. The van der Waals surface area contributed by atoms with Gasteiger partial charge in [-0.05, 0) is 43.7 Å². The third-order valence-corrected chi connectivity index (χ3v) is 5.53. The molecule has 0 radical (unpaired) electrons. The minimum atomic E-state index is -1.24. The summed E-state index contributed by atoms with van der Waals surface area (Å²) < 4.78 is 0. The Morgan fingerprint density at radius 3 is 2.23 bits per heavy atom. The fourth-order valence-corrected chi connectivity index (χ4v) is 3.61. The van der Waals surface area contributed by atoms with E-state index in [1.165, 1.54) is 11.8 Å². The predicted octanol–water partition coefficient (Wildman–Crippen LogP) is -1.44. The molecule has 1 rings (SSSR count). The van der Waals surface area contributed by atoms with E-state index in [-0.39, 0.29) is 12.3 Å². The van der Waals surface area contributed by atoms with Crippen LogP contribution in [-0.2, 0) is 24.0 Å². The minimum absolute atomic E-state index is 0.241. The molecule has 4 atom stereocenters. The van der Waals surface area contributed by atoms with Crippen molar-refractivity contribution in [3.05, 3.63) is 0 Å². The van der Waals surface area contributed by atoms with Gasteiger partial charge in [0.2, 0.25) is 23.6 Å². The van der Waals surface area contributed by atoms with Crippen LogP contribution in [0, 0.1) is 5.92 Å². The maximum absolute atomic E-state index is 12.8. The highest BCUT2D eigenvalue weighted by atomic mass is 32.2. The Hall–Kier alpha value is -2.34. The van der Waals surface area contributed by atoms with Gasteiger partial charge < -0.3 is 32.1 Å². The Balaban J connectivity index is 2.90. The number of carbonyl (C=O) groups excluding carboxylic acids is 4. The van der Waals surface area contributed by atoms with Crippen LogP contribution in [0.15, 0.2) is 0 Å². The molecule has 4 amide bonds. The van der Waals surface area contributed by atoms with E-state index in [0.29, 0.717) is 18.7 Å². The van der Waals surface area contributed by atoms with Crippen molar-refractivity contribution < 1.29 is 29.1 Å². The molecule has 0 aromatic heterocycles. The molecule has 0 aromatic carbocycles. The number of thioether (sulfide) groups is 1. The largest absolute Gasteiger partial charge is 0.480 e. The number of carboxylic acid groups (broad SMARTS) is 1. The molecule has 1 aliphatic rings. The fraction of sp³-hybridized carbons (Fsp3) is 0.737. The molecule has 31 heavy (non-hydrogen) atoms. The monoisotopic (exact) mass is 459 g/mol. The summed E-state index contributed by atoms with van der Waals surface area (Å²) in [5.74, 6) is -3.60. The topological polar surface area (TPSA) is 180 Å². The van der Waals surface area contributed by atoms with Gasteiger partial charge in [0.05, 0.1) is 12.5 Å². The zero-order valence-corrected chi connectivity index (χ0v) is 18.9. The van der Waals surface area contributed by atoms with E-state index < -0.39 is 60.2 Å². The number of hydrogen-bond donors (Lipinski definition) is 6. The molecule has 176 valence electrons. The predicted molar refractivity (Wildman–Crippen MR) is 116 cm³/mol. The highest BCUT2D eigenvalue weighted by Gasteiger charge is 2.32. The second-order valence-corrected chi connectivity index (χ2v) is 8.78. The molecule has 0 aliphatic carbocycles. The van der Waals surface area contributed by atoms with Gasteiger partial charge >= 0.3 is 5.97 Å². The summed E-state index contributed by atoms with van der Waals surface area (Å²) in [6.07, 6.45) is 3.08. The first-order valence-corrected chi connectivity index (χ1v) is 11.6. The van der Waals surface area contributed by atoms with E-state index in [9.17, 15) is 29.1 Å². The van der Waals surface area contributed by atoms with Crippen molar-refractivity contribution in [2.75, 3.05) is 18.6 Å². The van der Waals surface area contributed by atoms with Gasteiger partial charge in [0, 0.05) is 0 Å². The standard InChI is InChI=1S/C19H33N5O6S/c1-10(2)15(19(29)30)24-17(27)12(6-8-31-3)22-18(28)13(9-14(20)25)23-16(26)11-5-4-7-21-11/h10-13,15,21H,4-9H2,1-3H3,(H2,20,25)(H,22,28)(H,23,26)(H,24,27)(H,29,30). The highest BCUT2D eigenvalue weighted by molar-refractivity contribution is 7.98. The molecule has 11 nitrogen and oxygen atoms in total. The summed E-state index contributed by atoms with van der Waals surface area (Å²) in [7, 11) is 0. The van der Waals surface area contributed by atoms with Crippen molar-refractivity contribution in [2.24, 2.45) is 11.7 Å². The van der Waals surface area contributed by atoms with Crippen LogP contribution >= 0.6 is 11.8 Å². The molecule has 4 unspecified atom stereocenters. The smallest absolute Gasteiger partial charge is 0.326 e. The number of hydrogen-bond acceptors (Lipinski definition) is 7. The van der Waals surface area contributed by atoms with Crippen LogP contribution in [0.2, 0.25) is 0 Å². The summed E-state index contributed by atoms with van der Waals surface area (Å²) in [6.45, 7) is 4.00. The third-order valence-electron chi connectivity index (χ3n) is 4.89. The molecule has 1 saturated heterocycles. The lowest BCUT2D eigenvalue weighted by molar-refractivity contribution is -0.143. The average Bonchev–Trinajstić information content (AvgIpc) is 3.22. The summed E-state index contributed by atoms with van der Waals surface area (Å²) in [5, 5.41) is 19.8. The van der Waals surface area contributed by atoms with E-state index in [4.69, 9.17) is 5.73 Å². The van der Waals surface area contributed by atoms with Crippen LogP contribution in [0.25, 0.3) is 0 Å². The van der Waals surface area contributed by atoms with Crippen molar-refractivity contribution in [3.63, 3.8) is 0 Å². The van der Waals surface area contributed by atoms with Gasteiger partial charge in [-0.1, -0.05) is 13.8 Å². The van der Waals surface area contributed by atoms with Crippen LogP contribution in [-0.4, -0.2) is 77.4 Å². The van der Waals surface area contributed by atoms with Gasteiger partial charge in [0.1, 0.15) is 18.1 Å². The van der Waals surface area contributed by atoms with Crippen molar-refractivity contribution in [1.82, 2.24) is 21.3 Å². The molecule has 0 spiro atoms. The highest BCUT2D eigenvalue weighted by Crippen LogP contribution is 2.08. The van der Waals surface area contributed by atoms with E-state index in [2.05, 4.69) is 21.3 Å². The van der Waals surface area contributed by atoms with E-state index in [1.54, 1.807) is 13.8 Å². The second kappa shape index (κ2) is 13.2. The van der Waals surface area contributed by atoms with Gasteiger partial charge in [0.25, 0.3) is 0 Å². The molecule has 0 saturated carbocycles. The Morgan fingerprint density at radius 2 is 1.74 bits per heavy atom. The molecule has 0 bridgehead atoms. The maximum atomic E-state index is 12.8. The summed E-state index contributed by atoms with van der Waals surface area (Å²) >= 11 is 1.45. The Morgan fingerprint density at radius 1 is 1.10 bits per heavy atom. The van der Waals surface area contributed by atoms with Crippen molar-refractivity contribution in [2.45, 2.75) is 63.7 Å². The quantitative estimate of drug-likeness (QED) is 0.194. The molecule has 1 aliphatic heterocycles. The van der Waals surface area contributed by atoms with Crippen molar-refractivity contribution >= 4 is 41.4 Å². The fourth-order valence-electron chi connectivity index (χ4n) is 3.14. The second-order valence-electron chi connectivity index (χ2n) is 7.79. The minimum Gasteiger partial charge on any atom is -0.480 e. The third kappa shape index (κ3) is 9.13. The Bertz CT molecular complexity index is 668.